The maximum Gasteiger partial charge on any atom is 0.189 e. The van der Waals surface area contributed by atoms with Gasteiger partial charge < -0.3 is 24.0 Å². The molecule has 25 heavy (non-hydrogen) atoms. The van der Waals surface area contributed by atoms with Crippen molar-refractivity contribution in [2.45, 2.75) is 6.92 Å². The molecular formula is C21H20IOPS. The highest BCUT2D eigenvalue weighted by atomic mass is 127. The third-order valence-electron chi connectivity index (χ3n) is 4.05. The van der Waals surface area contributed by atoms with Gasteiger partial charge in [0.1, 0.15) is 28.7 Å². The summed E-state index contributed by atoms with van der Waals surface area (Å²) in [5, 5.41) is 4.12. The number of hydrogen-bond donors (Lipinski definition) is 0. The number of thioether (sulfide) groups is 1. The van der Waals surface area contributed by atoms with Crippen LogP contribution in [0.3, 0.4) is 0 Å². The molecule has 0 heterocycles. The van der Waals surface area contributed by atoms with Gasteiger partial charge in [-0.2, -0.15) is 0 Å². The zero-order valence-corrected chi connectivity index (χ0v) is 17.9. The fourth-order valence-electron chi connectivity index (χ4n) is 2.91. The number of benzene rings is 3. The fraction of sp³-hybridized carbons (Fsp3) is 0.0952. The van der Waals surface area contributed by atoms with E-state index in [1.807, 2.05) is 18.2 Å². The zero-order chi connectivity index (χ0) is 16.8. The smallest absolute Gasteiger partial charge is 0.189 e. The maximum absolute atomic E-state index is 11.8. The molecule has 0 atom stereocenters. The van der Waals surface area contributed by atoms with Crippen LogP contribution in [0, 0.1) is 0 Å². The number of hydrogen-bond acceptors (Lipinski definition) is 2. The third kappa shape index (κ3) is 4.52. The Labute approximate surface area is 171 Å². The molecule has 0 bridgehead atoms. The van der Waals surface area contributed by atoms with Crippen molar-refractivity contribution in [3.05, 3.63) is 91.0 Å². The SMILES string of the molecule is CC(=O)SC[P+](c1ccccc1)(c1ccccc1)c1ccccc1.[I-]. The first-order valence-electron chi connectivity index (χ1n) is 7.92. The molecule has 0 unspecified atom stereocenters. The highest BCUT2D eigenvalue weighted by Crippen LogP contribution is 2.57. The molecule has 0 aliphatic heterocycles. The van der Waals surface area contributed by atoms with E-state index in [9.17, 15) is 4.79 Å². The standard InChI is InChI=1S/C21H20OPS.HI/c1-18(22)24-17-23(19-11-5-2-6-12-19,20-13-7-3-8-14-20)21-15-9-4-10-16-21;/h2-16H,17H2,1H3;1H/q+1;/p-1. The summed E-state index contributed by atoms with van der Waals surface area (Å²) in [4.78, 5) is 11.8. The van der Waals surface area contributed by atoms with Gasteiger partial charge in [0.15, 0.2) is 5.12 Å². The van der Waals surface area contributed by atoms with Gasteiger partial charge in [-0.05, 0) is 48.2 Å². The molecule has 0 aliphatic rings. The molecule has 3 aromatic carbocycles. The molecule has 4 heteroatoms. The Balaban J connectivity index is 0.00000225. The Bertz CT molecular complexity index is 697. The maximum atomic E-state index is 11.8. The van der Waals surface area contributed by atoms with Crippen LogP contribution < -0.4 is 39.9 Å². The molecule has 1 nitrogen and oxygen atoms in total. The molecule has 0 aromatic heterocycles. The van der Waals surface area contributed by atoms with E-state index >= 15 is 0 Å². The van der Waals surface area contributed by atoms with Crippen LogP contribution in [0.5, 0.6) is 0 Å². The third-order valence-corrected chi connectivity index (χ3v) is 10.1. The van der Waals surface area contributed by atoms with E-state index < -0.39 is 7.26 Å². The molecule has 0 N–H and O–H groups in total. The highest BCUT2D eigenvalue weighted by molar-refractivity contribution is 8.21. The predicted molar refractivity (Wildman–Crippen MR) is 108 cm³/mol. The van der Waals surface area contributed by atoms with Crippen LogP contribution in [0.15, 0.2) is 91.0 Å². The first-order chi connectivity index (χ1) is 11.7. The van der Waals surface area contributed by atoms with E-state index in [0.717, 1.165) is 5.49 Å². The van der Waals surface area contributed by atoms with Crippen LogP contribution >= 0.6 is 19.0 Å². The van der Waals surface area contributed by atoms with Crippen LogP contribution in [0.1, 0.15) is 6.92 Å². The summed E-state index contributed by atoms with van der Waals surface area (Å²) in [7, 11) is -1.87. The Morgan fingerprint density at radius 1 is 0.720 bits per heavy atom. The summed E-state index contributed by atoms with van der Waals surface area (Å²) in [6.07, 6.45) is 0. The lowest BCUT2D eigenvalue weighted by molar-refractivity contribution is -0.109. The predicted octanol–water partition coefficient (Wildman–Crippen LogP) is 1.22. The van der Waals surface area contributed by atoms with Gasteiger partial charge in [0, 0.05) is 6.92 Å². The summed E-state index contributed by atoms with van der Waals surface area (Å²) >= 11 is 1.43. The normalized spacial score (nSPS) is 10.8. The van der Waals surface area contributed by atoms with Crippen LogP contribution in [0.25, 0.3) is 0 Å². The number of carbonyl (C=O) groups is 1. The summed E-state index contributed by atoms with van der Waals surface area (Å²) in [6, 6.07) is 31.9. The van der Waals surface area contributed by atoms with Crippen LogP contribution in [-0.2, 0) is 4.79 Å². The molecule has 0 spiro atoms. The van der Waals surface area contributed by atoms with Crippen molar-refractivity contribution >= 4 is 40.1 Å². The molecule has 0 fully saturated rings. The Morgan fingerprint density at radius 2 is 1.04 bits per heavy atom. The molecule has 0 saturated heterocycles. The van der Waals surface area contributed by atoms with Gasteiger partial charge in [0.05, 0.1) is 0 Å². The van der Waals surface area contributed by atoms with Crippen molar-refractivity contribution in [3.63, 3.8) is 0 Å². The van der Waals surface area contributed by atoms with Gasteiger partial charge in [0.2, 0.25) is 0 Å². The number of halogens is 1. The van der Waals surface area contributed by atoms with E-state index in [1.54, 1.807) is 6.92 Å². The van der Waals surface area contributed by atoms with Crippen LogP contribution in [0.2, 0.25) is 0 Å². The number of rotatable bonds is 5. The van der Waals surface area contributed by atoms with Gasteiger partial charge in [0.25, 0.3) is 0 Å². The summed E-state index contributed by atoms with van der Waals surface area (Å²) in [6.45, 7) is 1.65. The van der Waals surface area contributed by atoms with E-state index in [1.165, 1.54) is 27.7 Å². The Morgan fingerprint density at radius 3 is 1.32 bits per heavy atom. The monoisotopic (exact) mass is 478 g/mol. The average molecular weight is 478 g/mol. The minimum Gasteiger partial charge on any atom is -1.00 e. The number of carbonyl (C=O) groups excluding carboxylic acids is 1. The van der Waals surface area contributed by atoms with Crippen molar-refractivity contribution in [1.29, 1.82) is 0 Å². The summed E-state index contributed by atoms with van der Waals surface area (Å²) in [5.41, 5.74) is 0.792. The molecular weight excluding hydrogens is 458 g/mol. The van der Waals surface area contributed by atoms with Crippen LogP contribution in [0.4, 0.5) is 0 Å². The molecule has 0 saturated carbocycles. The Hall–Kier alpha value is -1.16. The second-order valence-electron chi connectivity index (χ2n) is 5.58. The average Bonchev–Trinajstić information content (AvgIpc) is 2.65. The van der Waals surface area contributed by atoms with E-state index in [0.29, 0.717) is 0 Å². The lowest BCUT2D eigenvalue weighted by atomic mass is 10.4. The lowest BCUT2D eigenvalue weighted by Gasteiger charge is -2.26. The minimum atomic E-state index is -1.87. The van der Waals surface area contributed by atoms with Gasteiger partial charge in [-0.25, -0.2) is 0 Å². The fourth-order valence-corrected chi connectivity index (χ4v) is 9.13. The topological polar surface area (TPSA) is 17.1 Å². The largest absolute Gasteiger partial charge is 1.00 e. The summed E-state index contributed by atoms with van der Waals surface area (Å²) < 4.78 is 0. The second-order valence-corrected chi connectivity index (χ2v) is 10.6. The van der Waals surface area contributed by atoms with Crippen molar-refractivity contribution in [1.82, 2.24) is 0 Å². The van der Waals surface area contributed by atoms with E-state index in [2.05, 4.69) is 72.8 Å². The molecule has 3 aromatic rings. The molecule has 0 amide bonds. The van der Waals surface area contributed by atoms with Gasteiger partial charge in [-0.15, -0.1) is 0 Å². The van der Waals surface area contributed by atoms with Gasteiger partial charge in [-0.3, -0.25) is 4.79 Å². The summed E-state index contributed by atoms with van der Waals surface area (Å²) in [5.74, 6) is 0. The molecule has 3 rings (SSSR count). The molecule has 0 aliphatic carbocycles. The van der Waals surface area contributed by atoms with Crippen molar-refractivity contribution in [3.8, 4) is 0 Å². The van der Waals surface area contributed by atoms with E-state index in [-0.39, 0.29) is 29.1 Å². The first kappa shape index (κ1) is 20.2. The lowest BCUT2D eigenvalue weighted by Crippen LogP contribution is -3.00. The zero-order valence-electron chi connectivity index (χ0n) is 14.0. The van der Waals surface area contributed by atoms with Crippen molar-refractivity contribution in [2.24, 2.45) is 0 Å². The highest BCUT2D eigenvalue weighted by Gasteiger charge is 2.45. The van der Waals surface area contributed by atoms with Crippen molar-refractivity contribution < 1.29 is 28.8 Å². The molecule has 0 radical (unpaired) electrons. The van der Waals surface area contributed by atoms with Gasteiger partial charge >= 0.3 is 0 Å². The quantitative estimate of drug-likeness (QED) is 0.406. The van der Waals surface area contributed by atoms with E-state index in [4.69, 9.17) is 0 Å². The van der Waals surface area contributed by atoms with Gasteiger partial charge in [-0.1, -0.05) is 54.6 Å². The second kappa shape index (κ2) is 9.51. The minimum absolute atomic E-state index is 0. The first-order valence-corrected chi connectivity index (χ1v) is 10.9. The van der Waals surface area contributed by atoms with Crippen molar-refractivity contribution in [2.75, 3.05) is 5.49 Å². The van der Waals surface area contributed by atoms with Crippen LogP contribution in [-0.4, -0.2) is 10.6 Å². The molecule has 128 valence electrons. The Kier molecular flexibility index (Phi) is 7.67.